The van der Waals surface area contributed by atoms with Crippen LogP contribution in [-0.2, 0) is 9.84 Å². The molecule has 3 rings (SSSR count). The van der Waals surface area contributed by atoms with Gasteiger partial charge < -0.3 is 0 Å². The van der Waals surface area contributed by atoms with Crippen LogP contribution in [0.15, 0.2) is 65.8 Å². The molecule has 0 aliphatic carbocycles. The number of Topliss-reactive ketones (excluding diaryl/α,β-unsaturated/α-hetero) is 1. The Kier molecular flexibility index (Phi) is 3.98. The quantitative estimate of drug-likeness (QED) is 0.656. The number of ketones is 1. The van der Waals surface area contributed by atoms with Crippen LogP contribution >= 0.6 is 0 Å². The SMILES string of the molecule is O=C(CS(=O)(=O)c1nnnn1-c1ccccc1)c1ccccc1. The molecular formula is C15H12N4O3S. The smallest absolute Gasteiger partial charge is 0.272 e. The molecule has 7 nitrogen and oxygen atoms in total. The van der Waals surface area contributed by atoms with Gasteiger partial charge in [-0.3, -0.25) is 4.79 Å². The van der Waals surface area contributed by atoms with Crippen LogP contribution in [0.3, 0.4) is 0 Å². The van der Waals surface area contributed by atoms with Crippen molar-refractivity contribution in [1.29, 1.82) is 0 Å². The van der Waals surface area contributed by atoms with Crippen LogP contribution in [0.25, 0.3) is 5.69 Å². The van der Waals surface area contributed by atoms with Crippen molar-refractivity contribution in [2.75, 3.05) is 5.75 Å². The normalized spacial score (nSPS) is 11.3. The third-order valence-corrected chi connectivity index (χ3v) is 4.59. The lowest BCUT2D eigenvalue weighted by atomic mass is 10.2. The molecule has 0 unspecified atom stereocenters. The standard InChI is InChI=1S/C15H12N4O3S/c20-14(12-7-3-1-4-8-12)11-23(21,22)15-16-17-18-19(15)13-9-5-2-6-10-13/h1-10H,11H2. The molecule has 1 aromatic heterocycles. The van der Waals surface area contributed by atoms with Gasteiger partial charge in [0.05, 0.1) is 5.69 Å². The first kappa shape index (κ1) is 15.0. The number of hydrogen-bond donors (Lipinski definition) is 0. The summed E-state index contributed by atoms with van der Waals surface area (Å²) in [6.45, 7) is 0. The van der Waals surface area contributed by atoms with E-state index in [9.17, 15) is 13.2 Å². The van der Waals surface area contributed by atoms with E-state index in [1.165, 1.54) is 0 Å². The molecule has 0 spiro atoms. The summed E-state index contributed by atoms with van der Waals surface area (Å²) in [7, 11) is -3.97. The van der Waals surface area contributed by atoms with Crippen molar-refractivity contribution in [2.45, 2.75) is 5.16 Å². The van der Waals surface area contributed by atoms with Gasteiger partial charge in [0.25, 0.3) is 5.16 Å². The van der Waals surface area contributed by atoms with E-state index in [4.69, 9.17) is 0 Å². The fourth-order valence-corrected chi connectivity index (χ4v) is 3.26. The van der Waals surface area contributed by atoms with E-state index in [0.717, 1.165) is 4.68 Å². The summed E-state index contributed by atoms with van der Waals surface area (Å²) < 4.78 is 26.1. The molecule has 0 saturated heterocycles. The van der Waals surface area contributed by atoms with E-state index in [2.05, 4.69) is 15.5 Å². The van der Waals surface area contributed by atoms with Crippen molar-refractivity contribution in [1.82, 2.24) is 20.2 Å². The molecule has 0 amide bonds. The topological polar surface area (TPSA) is 94.8 Å². The number of aromatic nitrogens is 4. The van der Waals surface area contributed by atoms with Crippen molar-refractivity contribution in [2.24, 2.45) is 0 Å². The lowest BCUT2D eigenvalue weighted by Crippen LogP contribution is -2.20. The minimum absolute atomic E-state index is 0.329. The van der Waals surface area contributed by atoms with Gasteiger partial charge in [-0.1, -0.05) is 53.6 Å². The number of sulfone groups is 1. The minimum Gasteiger partial charge on any atom is -0.293 e. The van der Waals surface area contributed by atoms with Gasteiger partial charge in [-0.15, -0.1) is 0 Å². The zero-order valence-electron chi connectivity index (χ0n) is 11.9. The van der Waals surface area contributed by atoms with Crippen molar-refractivity contribution in [3.63, 3.8) is 0 Å². The van der Waals surface area contributed by atoms with Gasteiger partial charge in [0.15, 0.2) is 5.78 Å². The van der Waals surface area contributed by atoms with Crippen LogP contribution in [-0.4, -0.2) is 40.2 Å². The van der Waals surface area contributed by atoms with Crippen molar-refractivity contribution in [3.05, 3.63) is 66.2 Å². The number of nitrogens with zero attached hydrogens (tertiary/aromatic N) is 4. The highest BCUT2D eigenvalue weighted by molar-refractivity contribution is 7.92. The number of carbonyl (C=O) groups excluding carboxylic acids is 1. The molecule has 23 heavy (non-hydrogen) atoms. The highest BCUT2D eigenvalue weighted by atomic mass is 32.2. The maximum Gasteiger partial charge on any atom is 0.272 e. The maximum absolute atomic E-state index is 12.5. The first-order valence-electron chi connectivity index (χ1n) is 6.73. The second kappa shape index (κ2) is 6.09. The highest BCUT2D eigenvalue weighted by Gasteiger charge is 2.27. The van der Waals surface area contributed by atoms with Gasteiger partial charge in [0.1, 0.15) is 5.75 Å². The summed E-state index contributed by atoms with van der Waals surface area (Å²) in [5.74, 6) is -1.20. The maximum atomic E-state index is 12.5. The van der Waals surface area contributed by atoms with Gasteiger partial charge in [-0.2, -0.15) is 4.68 Å². The third-order valence-electron chi connectivity index (χ3n) is 3.14. The number of hydrogen-bond acceptors (Lipinski definition) is 6. The number of benzene rings is 2. The molecule has 3 aromatic rings. The number of carbonyl (C=O) groups is 1. The van der Waals surface area contributed by atoms with Gasteiger partial charge in [0, 0.05) is 5.56 Å². The van der Waals surface area contributed by atoms with Gasteiger partial charge >= 0.3 is 0 Å². The summed E-state index contributed by atoms with van der Waals surface area (Å²) in [5, 5.41) is 10.3. The summed E-state index contributed by atoms with van der Waals surface area (Å²) >= 11 is 0. The number of tetrazole rings is 1. The Balaban J connectivity index is 1.93. The second-order valence-corrected chi connectivity index (χ2v) is 6.64. The predicted octanol–water partition coefficient (Wildman–Crippen LogP) is 1.32. The highest BCUT2D eigenvalue weighted by Crippen LogP contribution is 2.14. The Morgan fingerprint density at radius 3 is 2.22 bits per heavy atom. The van der Waals surface area contributed by atoms with Crippen LogP contribution in [0.4, 0.5) is 0 Å². The first-order valence-corrected chi connectivity index (χ1v) is 8.38. The summed E-state index contributed by atoms with van der Waals surface area (Å²) in [5.41, 5.74) is 0.832. The Morgan fingerprint density at radius 1 is 0.957 bits per heavy atom. The van der Waals surface area contributed by atoms with Crippen LogP contribution in [0.1, 0.15) is 10.4 Å². The minimum atomic E-state index is -3.97. The number of para-hydroxylation sites is 1. The second-order valence-electron chi connectivity index (χ2n) is 4.76. The van der Waals surface area contributed by atoms with Crippen LogP contribution in [0, 0.1) is 0 Å². The molecule has 0 radical (unpaired) electrons. The van der Waals surface area contributed by atoms with E-state index < -0.39 is 21.4 Å². The molecule has 0 aliphatic heterocycles. The van der Waals surface area contributed by atoms with Crippen molar-refractivity contribution >= 4 is 15.6 Å². The molecule has 0 aliphatic rings. The first-order chi connectivity index (χ1) is 11.1. The van der Waals surface area contributed by atoms with Crippen molar-refractivity contribution in [3.8, 4) is 5.69 Å². The van der Waals surface area contributed by atoms with Crippen LogP contribution in [0.2, 0.25) is 0 Å². The summed E-state index contributed by atoms with van der Waals surface area (Å²) in [6, 6.07) is 16.9. The molecule has 0 atom stereocenters. The van der Waals surface area contributed by atoms with E-state index >= 15 is 0 Å². The van der Waals surface area contributed by atoms with Gasteiger partial charge in [-0.05, 0) is 22.6 Å². The van der Waals surface area contributed by atoms with Gasteiger partial charge in [0.2, 0.25) is 9.84 Å². The predicted molar refractivity (Wildman–Crippen MR) is 82.0 cm³/mol. The van der Waals surface area contributed by atoms with E-state index in [1.807, 2.05) is 0 Å². The third kappa shape index (κ3) is 3.16. The zero-order valence-corrected chi connectivity index (χ0v) is 12.7. The van der Waals surface area contributed by atoms with E-state index in [1.54, 1.807) is 60.7 Å². The molecule has 116 valence electrons. The molecule has 0 N–H and O–H groups in total. The lowest BCUT2D eigenvalue weighted by Gasteiger charge is -2.05. The molecule has 2 aromatic carbocycles. The Bertz CT molecular complexity index is 922. The molecular weight excluding hydrogens is 316 g/mol. The Hall–Kier alpha value is -2.87. The van der Waals surface area contributed by atoms with E-state index in [-0.39, 0.29) is 5.16 Å². The Labute approximate surface area is 132 Å². The monoisotopic (exact) mass is 328 g/mol. The lowest BCUT2D eigenvalue weighted by molar-refractivity contribution is 0.102. The fraction of sp³-hybridized carbons (Fsp3) is 0.0667. The molecule has 0 fully saturated rings. The van der Waals surface area contributed by atoms with Crippen molar-refractivity contribution < 1.29 is 13.2 Å². The molecule has 0 bridgehead atoms. The zero-order chi connectivity index (χ0) is 16.3. The Morgan fingerprint density at radius 2 is 1.57 bits per heavy atom. The fourth-order valence-electron chi connectivity index (χ4n) is 2.05. The summed E-state index contributed by atoms with van der Waals surface area (Å²) in [6.07, 6.45) is 0. The molecule has 1 heterocycles. The largest absolute Gasteiger partial charge is 0.293 e. The molecule has 8 heteroatoms. The van der Waals surface area contributed by atoms with E-state index in [0.29, 0.717) is 11.3 Å². The average Bonchev–Trinajstić information content (AvgIpc) is 3.07. The summed E-state index contributed by atoms with van der Waals surface area (Å²) in [4.78, 5) is 12.1. The number of rotatable bonds is 5. The molecule has 0 saturated carbocycles. The van der Waals surface area contributed by atoms with Crippen LogP contribution in [0.5, 0.6) is 0 Å². The van der Waals surface area contributed by atoms with Crippen LogP contribution < -0.4 is 0 Å². The van der Waals surface area contributed by atoms with Gasteiger partial charge in [-0.25, -0.2) is 8.42 Å². The average molecular weight is 328 g/mol.